The topological polar surface area (TPSA) is 90.9 Å². The Morgan fingerprint density at radius 3 is 2.70 bits per heavy atom. The van der Waals surface area contributed by atoms with E-state index in [0.717, 1.165) is 4.57 Å². The molecule has 1 amide bonds. The summed E-state index contributed by atoms with van der Waals surface area (Å²) in [7, 11) is 3.00. The van der Waals surface area contributed by atoms with E-state index in [-0.39, 0.29) is 18.0 Å². The minimum Gasteiger partial charge on any atom is -0.324 e. The molecule has 3 aromatic heterocycles. The van der Waals surface area contributed by atoms with Crippen LogP contribution in [0.4, 0.5) is 5.69 Å². The number of aromatic nitrogens is 4. The number of pyridine rings is 1. The van der Waals surface area contributed by atoms with Gasteiger partial charge in [0.1, 0.15) is 12.2 Å². The van der Waals surface area contributed by atoms with E-state index in [4.69, 9.17) is 0 Å². The molecule has 118 valence electrons. The Morgan fingerprint density at radius 2 is 2.00 bits per heavy atom. The molecule has 0 bridgehead atoms. The van der Waals surface area contributed by atoms with Crippen molar-refractivity contribution in [3.05, 3.63) is 57.6 Å². The van der Waals surface area contributed by atoms with E-state index in [0.29, 0.717) is 16.7 Å². The second-order valence-electron chi connectivity index (χ2n) is 5.18. The third-order valence-corrected chi connectivity index (χ3v) is 3.62. The summed E-state index contributed by atoms with van der Waals surface area (Å²) in [6, 6.07) is 5.05. The van der Waals surface area contributed by atoms with Gasteiger partial charge in [-0.1, -0.05) is 0 Å². The van der Waals surface area contributed by atoms with Crippen molar-refractivity contribution in [2.45, 2.75) is 6.54 Å². The van der Waals surface area contributed by atoms with E-state index >= 15 is 0 Å². The lowest BCUT2D eigenvalue weighted by molar-refractivity contribution is -0.116. The SMILES string of the molecule is Cn1c(=O)c2ccn(CC(=O)Nc3cccnc3)c2n(C)c1=O. The van der Waals surface area contributed by atoms with Gasteiger partial charge in [-0.2, -0.15) is 0 Å². The maximum Gasteiger partial charge on any atom is 0.332 e. The number of nitrogens with zero attached hydrogens (tertiary/aromatic N) is 4. The number of carbonyl (C=O) groups excluding carboxylic acids is 1. The van der Waals surface area contributed by atoms with Crippen LogP contribution >= 0.6 is 0 Å². The third kappa shape index (κ3) is 2.54. The van der Waals surface area contributed by atoms with E-state index in [1.54, 1.807) is 42.2 Å². The monoisotopic (exact) mass is 313 g/mol. The summed E-state index contributed by atoms with van der Waals surface area (Å²) >= 11 is 0. The van der Waals surface area contributed by atoms with Gasteiger partial charge in [0.05, 0.1) is 17.3 Å². The van der Waals surface area contributed by atoms with Crippen LogP contribution in [0, 0.1) is 0 Å². The normalized spacial score (nSPS) is 10.9. The van der Waals surface area contributed by atoms with E-state index in [1.165, 1.54) is 17.8 Å². The highest BCUT2D eigenvalue weighted by Gasteiger charge is 2.14. The van der Waals surface area contributed by atoms with Gasteiger partial charge in [-0.25, -0.2) is 4.79 Å². The van der Waals surface area contributed by atoms with Gasteiger partial charge in [-0.05, 0) is 18.2 Å². The largest absolute Gasteiger partial charge is 0.332 e. The summed E-state index contributed by atoms with van der Waals surface area (Å²) < 4.78 is 3.97. The summed E-state index contributed by atoms with van der Waals surface area (Å²) in [5, 5.41) is 3.10. The highest BCUT2D eigenvalue weighted by Crippen LogP contribution is 2.10. The molecule has 23 heavy (non-hydrogen) atoms. The Labute approximate surface area is 130 Å². The average molecular weight is 313 g/mol. The van der Waals surface area contributed by atoms with Crippen molar-refractivity contribution in [2.75, 3.05) is 5.32 Å². The first kappa shape index (κ1) is 14.8. The maximum atomic E-state index is 12.1. The van der Waals surface area contributed by atoms with Gasteiger partial charge in [0, 0.05) is 26.5 Å². The second-order valence-corrected chi connectivity index (χ2v) is 5.18. The Kier molecular flexibility index (Phi) is 3.57. The van der Waals surface area contributed by atoms with Crippen molar-refractivity contribution in [1.82, 2.24) is 18.7 Å². The molecule has 3 heterocycles. The van der Waals surface area contributed by atoms with Gasteiger partial charge >= 0.3 is 5.69 Å². The molecule has 0 saturated carbocycles. The number of amides is 1. The first-order valence-corrected chi connectivity index (χ1v) is 6.94. The lowest BCUT2D eigenvalue weighted by atomic mass is 10.4. The molecule has 0 radical (unpaired) electrons. The van der Waals surface area contributed by atoms with Crippen LogP contribution in [0.3, 0.4) is 0 Å². The molecule has 0 aliphatic heterocycles. The van der Waals surface area contributed by atoms with Gasteiger partial charge in [0.15, 0.2) is 0 Å². The molecule has 8 nitrogen and oxygen atoms in total. The van der Waals surface area contributed by atoms with Gasteiger partial charge in [0.2, 0.25) is 5.91 Å². The number of aryl methyl sites for hydroxylation is 1. The first-order valence-electron chi connectivity index (χ1n) is 6.94. The summed E-state index contributed by atoms with van der Waals surface area (Å²) in [5.74, 6) is -0.274. The summed E-state index contributed by atoms with van der Waals surface area (Å²) in [6.07, 6.45) is 4.77. The van der Waals surface area contributed by atoms with Crippen LogP contribution in [0.25, 0.3) is 11.0 Å². The van der Waals surface area contributed by atoms with Gasteiger partial charge < -0.3 is 9.88 Å². The number of nitrogens with one attached hydrogen (secondary N) is 1. The predicted octanol–water partition coefficient (Wildman–Crippen LogP) is 0.0724. The zero-order chi connectivity index (χ0) is 16.6. The van der Waals surface area contributed by atoms with E-state index < -0.39 is 5.69 Å². The van der Waals surface area contributed by atoms with Crippen LogP contribution in [0.15, 0.2) is 46.4 Å². The Morgan fingerprint density at radius 1 is 1.22 bits per heavy atom. The van der Waals surface area contributed by atoms with Crippen LogP contribution in [-0.4, -0.2) is 24.6 Å². The van der Waals surface area contributed by atoms with Crippen molar-refractivity contribution >= 4 is 22.6 Å². The van der Waals surface area contributed by atoms with Crippen molar-refractivity contribution in [1.29, 1.82) is 0 Å². The predicted molar refractivity (Wildman–Crippen MR) is 85.3 cm³/mol. The number of carbonyl (C=O) groups is 1. The molecule has 1 N–H and O–H groups in total. The Hall–Kier alpha value is -3.16. The van der Waals surface area contributed by atoms with Crippen LogP contribution in [0.1, 0.15) is 0 Å². The van der Waals surface area contributed by atoms with E-state index in [1.807, 2.05) is 0 Å². The first-order chi connectivity index (χ1) is 11.0. The standard InChI is InChI=1S/C15H15N5O3/c1-18-13-11(14(22)19(2)15(18)23)5-7-20(13)9-12(21)17-10-4-3-6-16-8-10/h3-8H,9H2,1-2H3,(H,17,21). The Balaban J connectivity index is 1.97. The third-order valence-electron chi connectivity index (χ3n) is 3.62. The van der Waals surface area contributed by atoms with Gasteiger partial charge in [-0.15, -0.1) is 0 Å². The van der Waals surface area contributed by atoms with Crippen molar-refractivity contribution in [3.8, 4) is 0 Å². The highest BCUT2D eigenvalue weighted by atomic mass is 16.2. The molecule has 8 heteroatoms. The molecule has 3 aromatic rings. The minimum atomic E-state index is -0.435. The highest BCUT2D eigenvalue weighted by molar-refractivity contribution is 5.91. The van der Waals surface area contributed by atoms with Crippen molar-refractivity contribution in [2.24, 2.45) is 14.1 Å². The Bertz CT molecular complexity index is 998. The van der Waals surface area contributed by atoms with E-state index in [9.17, 15) is 14.4 Å². The zero-order valence-corrected chi connectivity index (χ0v) is 12.7. The summed E-state index contributed by atoms with van der Waals surface area (Å²) in [5.41, 5.74) is 0.183. The molecule has 0 fully saturated rings. The van der Waals surface area contributed by atoms with Crippen molar-refractivity contribution in [3.63, 3.8) is 0 Å². The molecule has 0 saturated heterocycles. The van der Waals surface area contributed by atoms with Gasteiger partial charge in [0.25, 0.3) is 5.56 Å². The number of anilines is 1. The van der Waals surface area contributed by atoms with Crippen molar-refractivity contribution < 1.29 is 4.79 Å². The molecule has 0 unspecified atom stereocenters. The van der Waals surface area contributed by atoms with E-state index in [2.05, 4.69) is 10.3 Å². The zero-order valence-electron chi connectivity index (χ0n) is 12.7. The second kappa shape index (κ2) is 5.56. The number of fused-ring (bicyclic) bond motifs is 1. The van der Waals surface area contributed by atoms with Gasteiger partial charge in [-0.3, -0.25) is 23.7 Å². The number of rotatable bonds is 3. The van der Waals surface area contributed by atoms with Crippen LogP contribution in [0.5, 0.6) is 0 Å². The molecule has 3 rings (SSSR count). The molecule has 0 atom stereocenters. The molecule has 0 aromatic carbocycles. The molecular weight excluding hydrogens is 298 g/mol. The fourth-order valence-electron chi connectivity index (χ4n) is 2.51. The summed E-state index contributed by atoms with van der Waals surface area (Å²) in [4.78, 5) is 40.2. The average Bonchev–Trinajstić information content (AvgIpc) is 2.95. The summed E-state index contributed by atoms with van der Waals surface area (Å²) in [6.45, 7) is -0.0150. The molecule has 0 aliphatic rings. The minimum absolute atomic E-state index is 0.0150. The van der Waals surface area contributed by atoms with Crippen LogP contribution in [0.2, 0.25) is 0 Å². The van der Waals surface area contributed by atoms with Crippen LogP contribution in [-0.2, 0) is 25.4 Å². The number of hydrogen-bond acceptors (Lipinski definition) is 4. The molecular formula is C15H15N5O3. The number of hydrogen-bond donors (Lipinski definition) is 1. The van der Waals surface area contributed by atoms with Crippen LogP contribution < -0.4 is 16.6 Å². The fraction of sp³-hybridized carbons (Fsp3) is 0.200. The quantitative estimate of drug-likeness (QED) is 0.741. The maximum absolute atomic E-state index is 12.1. The lowest BCUT2D eigenvalue weighted by Crippen LogP contribution is -2.37. The molecule has 0 spiro atoms. The fourth-order valence-corrected chi connectivity index (χ4v) is 2.51. The smallest absolute Gasteiger partial charge is 0.324 e. The molecule has 0 aliphatic carbocycles. The lowest BCUT2D eigenvalue weighted by Gasteiger charge is -2.10.